The molecule has 0 aromatic heterocycles. The molecular formula is C10H13N. The third-order valence-electron chi connectivity index (χ3n) is 2.17. The van der Waals surface area contributed by atoms with Gasteiger partial charge in [-0.3, -0.25) is 0 Å². The first kappa shape index (κ1) is 6.71. The Labute approximate surface area is 67.2 Å². The third kappa shape index (κ3) is 1.73. The molecule has 1 fully saturated rings. The summed E-state index contributed by atoms with van der Waals surface area (Å²) in [7, 11) is 0. The summed E-state index contributed by atoms with van der Waals surface area (Å²) >= 11 is 0. The van der Waals surface area contributed by atoms with Crippen LogP contribution in [0.5, 0.6) is 0 Å². The molecule has 0 amide bonds. The highest BCUT2D eigenvalue weighted by Crippen LogP contribution is 2.32. The highest BCUT2D eigenvalue weighted by molar-refractivity contribution is 5.40. The average molecular weight is 147 g/mol. The van der Waals surface area contributed by atoms with Crippen molar-refractivity contribution in [3.63, 3.8) is 0 Å². The molecular weight excluding hydrogens is 134 g/mol. The molecule has 1 heteroatoms. The second-order valence-corrected chi connectivity index (χ2v) is 3.39. The maximum Gasteiger partial charge on any atom is 0.0316 e. The first-order valence-corrected chi connectivity index (χ1v) is 4.19. The standard InChI is InChI=1S/C10H13N/c11-10-3-1-2-9(7-10)6-8-4-5-8/h1-3,7-8H,4-6,11H2. The lowest BCUT2D eigenvalue weighted by Crippen LogP contribution is -1.89. The lowest BCUT2D eigenvalue weighted by molar-refractivity contribution is 0.833. The van der Waals surface area contributed by atoms with Crippen molar-refractivity contribution in [3.8, 4) is 0 Å². The van der Waals surface area contributed by atoms with Crippen LogP contribution in [0.4, 0.5) is 5.69 Å². The molecule has 11 heavy (non-hydrogen) atoms. The largest absolute Gasteiger partial charge is 0.399 e. The molecule has 58 valence electrons. The molecule has 1 saturated carbocycles. The van der Waals surface area contributed by atoms with Gasteiger partial charge in [0.2, 0.25) is 0 Å². The maximum absolute atomic E-state index is 5.65. The molecule has 0 spiro atoms. The molecule has 0 bridgehead atoms. The van der Waals surface area contributed by atoms with E-state index in [0.29, 0.717) is 0 Å². The zero-order valence-electron chi connectivity index (χ0n) is 6.59. The molecule has 1 aliphatic rings. The Morgan fingerprint density at radius 2 is 2.18 bits per heavy atom. The second-order valence-electron chi connectivity index (χ2n) is 3.39. The first-order valence-electron chi connectivity index (χ1n) is 4.19. The highest BCUT2D eigenvalue weighted by atomic mass is 14.5. The van der Waals surface area contributed by atoms with Crippen LogP contribution in [0.3, 0.4) is 0 Å². The zero-order chi connectivity index (χ0) is 7.68. The van der Waals surface area contributed by atoms with Gasteiger partial charge in [0.15, 0.2) is 0 Å². The van der Waals surface area contributed by atoms with Gasteiger partial charge in [-0.1, -0.05) is 12.1 Å². The molecule has 0 aliphatic heterocycles. The van der Waals surface area contributed by atoms with E-state index >= 15 is 0 Å². The zero-order valence-corrected chi connectivity index (χ0v) is 6.59. The molecule has 0 unspecified atom stereocenters. The lowest BCUT2D eigenvalue weighted by Gasteiger charge is -1.99. The van der Waals surface area contributed by atoms with Gasteiger partial charge in [-0.05, 0) is 42.9 Å². The Kier molecular flexibility index (Phi) is 1.57. The summed E-state index contributed by atoms with van der Waals surface area (Å²) in [5.41, 5.74) is 7.94. The van der Waals surface area contributed by atoms with Gasteiger partial charge in [0.05, 0.1) is 0 Å². The van der Waals surface area contributed by atoms with Crippen LogP contribution in [0.25, 0.3) is 0 Å². The van der Waals surface area contributed by atoms with Crippen LogP contribution in [0, 0.1) is 5.92 Å². The highest BCUT2D eigenvalue weighted by Gasteiger charge is 2.21. The molecule has 0 heterocycles. The van der Waals surface area contributed by atoms with E-state index in [-0.39, 0.29) is 0 Å². The minimum atomic E-state index is 0.892. The van der Waals surface area contributed by atoms with Crippen molar-refractivity contribution >= 4 is 5.69 Å². The molecule has 0 radical (unpaired) electrons. The predicted octanol–water partition coefficient (Wildman–Crippen LogP) is 2.22. The van der Waals surface area contributed by atoms with Crippen LogP contribution in [-0.4, -0.2) is 0 Å². The van der Waals surface area contributed by atoms with E-state index < -0.39 is 0 Å². The van der Waals surface area contributed by atoms with Crippen LogP contribution in [0.2, 0.25) is 0 Å². The normalized spacial score (nSPS) is 16.7. The van der Waals surface area contributed by atoms with Gasteiger partial charge in [-0.2, -0.15) is 0 Å². The number of rotatable bonds is 2. The minimum absolute atomic E-state index is 0.892. The van der Waals surface area contributed by atoms with E-state index in [4.69, 9.17) is 5.73 Å². The van der Waals surface area contributed by atoms with Crippen molar-refractivity contribution in [3.05, 3.63) is 29.8 Å². The molecule has 1 aliphatic carbocycles. The summed E-state index contributed by atoms with van der Waals surface area (Å²) < 4.78 is 0. The molecule has 2 N–H and O–H groups in total. The Balaban J connectivity index is 2.10. The van der Waals surface area contributed by atoms with Gasteiger partial charge in [0.1, 0.15) is 0 Å². The van der Waals surface area contributed by atoms with E-state index in [1.54, 1.807) is 0 Å². The van der Waals surface area contributed by atoms with Crippen LogP contribution >= 0.6 is 0 Å². The molecule has 1 aromatic carbocycles. The topological polar surface area (TPSA) is 26.0 Å². The Morgan fingerprint density at radius 1 is 1.36 bits per heavy atom. The van der Waals surface area contributed by atoms with Crippen molar-refractivity contribution in [2.45, 2.75) is 19.3 Å². The van der Waals surface area contributed by atoms with Crippen molar-refractivity contribution in [2.24, 2.45) is 5.92 Å². The molecule has 0 atom stereocenters. The summed E-state index contributed by atoms with van der Waals surface area (Å²) in [6.45, 7) is 0. The van der Waals surface area contributed by atoms with E-state index in [0.717, 1.165) is 11.6 Å². The smallest absolute Gasteiger partial charge is 0.0316 e. The number of hydrogen-bond donors (Lipinski definition) is 1. The molecule has 2 rings (SSSR count). The molecule has 1 nitrogen and oxygen atoms in total. The van der Waals surface area contributed by atoms with Gasteiger partial charge in [-0.15, -0.1) is 0 Å². The van der Waals surface area contributed by atoms with Gasteiger partial charge in [0.25, 0.3) is 0 Å². The van der Waals surface area contributed by atoms with E-state index in [1.807, 2.05) is 12.1 Å². The van der Waals surface area contributed by atoms with Gasteiger partial charge in [0, 0.05) is 5.69 Å². The van der Waals surface area contributed by atoms with Crippen molar-refractivity contribution in [1.82, 2.24) is 0 Å². The van der Waals surface area contributed by atoms with Crippen molar-refractivity contribution < 1.29 is 0 Å². The number of nitrogen functional groups attached to an aromatic ring is 1. The Bertz CT molecular complexity index is 251. The second kappa shape index (κ2) is 2.57. The van der Waals surface area contributed by atoms with Crippen LogP contribution in [0.15, 0.2) is 24.3 Å². The fourth-order valence-electron chi connectivity index (χ4n) is 1.38. The van der Waals surface area contributed by atoms with Crippen LogP contribution < -0.4 is 5.73 Å². The van der Waals surface area contributed by atoms with Gasteiger partial charge >= 0.3 is 0 Å². The average Bonchev–Trinajstić information content (AvgIpc) is 2.71. The summed E-state index contributed by atoms with van der Waals surface area (Å²) in [5, 5.41) is 0. The quantitative estimate of drug-likeness (QED) is 0.638. The SMILES string of the molecule is Nc1cccc(CC2CC2)c1. The van der Waals surface area contributed by atoms with Crippen molar-refractivity contribution in [1.29, 1.82) is 0 Å². The number of hydrogen-bond acceptors (Lipinski definition) is 1. The maximum atomic E-state index is 5.65. The first-order chi connectivity index (χ1) is 5.34. The lowest BCUT2D eigenvalue weighted by atomic mass is 10.1. The monoisotopic (exact) mass is 147 g/mol. The summed E-state index contributed by atoms with van der Waals surface area (Å²) in [6, 6.07) is 8.22. The fraction of sp³-hybridized carbons (Fsp3) is 0.400. The van der Waals surface area contributed by atoms with Crippen LogP contribution in [-0.2, 0) is 6.42 Å². The van der Waals surface area contributed by atoms with E-state index in [1.165, 1.54) is 24.8 Å². The molecule has 0 saturated heterocycles. The summed E-state index contributed by atoms with van der Waals surface area (Å²) in [5.74, 6) is 0.955. The number of anilines is 1. The molecule has 1 aromatic rings. The Hall–Kier alpha value is -0.980. The fourth-order valence-corrected chi connectivity index (χ4v) is 1.38. The van der Waals surface area contributed by atoms with Crippen LogP contribution in [0.1, 0.15) is 18.4 Å². The third-order valence-corrected chi connectivity index (χ3v) is 2.17. The van der Waals surface area contributed by atoms with Gasteiger partial charge in [-0.25, -0.2) is 0 Å². The van der Waals surface area contributed by atoms with Gasteiger partial charge < -0.3 is 5.73 Å². The van der Waals surface area contributed by atoms with E-state index in [9.17, 15) is 0 Å². The summed E-state index contributed by atoms with van der Waals surface area (Å²) in [4.78, 5) is 0. The summed E-state index contributed by atoms with van der Waals surface area (Å²) in [6.07, 6.45) is 4.05. The number of benzene rings is 1. The number of nitrogens with two attached hydrogens (primary N) is 1. The van der Waals surface area contributed by atoms with Crippen molar-refractivity contribution in [2.75, 3.05) is 5.73 Å². The predicted molar refractivity (Wildman–Crippen MR) is 47.3 cm³/mol. The minimum Gasteiger partial charge on any atom is -0.399 e. The van der Waals surface area contributed by atoms with E-state index in [2.05, 4.69) is 12.1 Å². The Morgan fingerprint density at radius 3 is 2.82 bits per heavy atom.